The molecular formula is C19H26N6O2S. The fourth-order valence-electron chi connectivity index (χ4n) is 2.30. The zero-order valence-electron chi connectivity index (χ0n) is 16.1. The molecule has 28 heavy (non-hydrogen) atoms. The molecule has 0 aliphatic rings. The van der Waals surface area contributed by atoms with Crippen molar-refractivity contribution in [2.24, 2.45) is 10.7 Å². The summed E-state index contributed by atoms with van der Waals surface area (Å²) in [5.41, 5.74) is 6.45. The van der Waals surface area contributed by atoms with Gasteiger partial charge in [-0.25, -0.2) is 9.98 Å². The molecule has 2 aromatic rings. The summed E-state index contributed by atoms with van der Waals surface area (Å²) < 4.78 is 0. The van der Waals surface area contributed by atoms with Gasteiger partial charge in [-0.1, -0.05) is 19.1 Å². The molecule has 0 unspecified atom stereocenters. The first kappa shape index (κ1) is 21.4. The predicted octanol–water partition coefficient (Wildman–Crippen LogP) is 1.18. The van der Waals surface area contributed by atoms with E-state index >= 15 is 0 Å². The van der Waals surface area contributed by atoms with E-state index in [0.717, 1.165) is 23.5 Å². The van der Waals surface area contributed by atoms with E-state index in [1.54, 1.807) is 23.5 Å². The van der Waals surface area contributed by atoms with Gasteiger partial charge in [0, 0.05) is 23.2 Å². The molecule has 8 nitrogen and oxygen atoms in total. The highest BCUT2D eigenvalue weighted by molar-refractivity contribution is 7.11. The molecule has 0 fully saturated rings. The van der Waals surface area contributed by atoms with Crippen LogP contribution in [-0.4, -0.2) is 35.8 Å². The largest absolute Gasteiger partial charge is 0.368 e. The minimum atomic E-state index is -0.577. The number of nitrogens with zero attached hydrogens (tertiary/aromatic N) is 2. The van der Waals surface area contributed by atoms with Crippen molar-refractivity contribution in [1.29, 1.82) is 0 Å². The molecular weight excluding hydrogens is 376 g/mol. The van der Waals surface area contributed by atoms with Crippen LogP contribution in [0.3, 0.4) is 0 Å². The lowest BCUT2D eigenvalue weighted by Gasteiger charge is -2.10. The fraction of sp³-hybridized carbons (Fsp3) is 0.368. The molecule has 150 valence electrons. The van der Waals surface area contributed by atoms with E-state index in [1.165, 1.54) is 4.88 Å². The van der Waals surface area contributed by atoms with E-state index in [4.69, 9.17) is 5.73 Å². The van der Waals surface area contributed by atoms with Gasteiger partial charge in [0.2, 0.25) is 5.91 Å². The molecule has 0 spiro atoms. The molecule has 5 N–H and O–H groups in total. The van der Waals surface area contributed by atoms with Crippen LogP contribution in [-0.2, 0) is 24.3 Å². The van der Waals surface area contributed by atoms with Gasteiger partial charge in [0.25, 0.3) is 5.91 Å². The molecule has 0 saturated heterocycles. The smallest absolute Gasteiger partial charge is 0.251 e. The van der Waals surface area contributed by atoms with Crippen LogP contribution in [0.5, 0.6) is 0 Å². The number of nitrogens with one attached hydrogen (secondary N) is 3. The van der Waals surface area contributed by atoms with Crippen LogP contribution in [0.15, 0.2) is 35.5 Å². The molecule has 0 atom stereocenters. The number of hydrogen-bond acceptors (Lipinski definition) is 5. The lowest BCUT2D eigenvalue weighted by molar-refractivity contribution is -0.117. The van der Waals surface area contributed by atoms with Crippen LogP contribution in [0.2, 0.25) is 0 Å². The van der Waals surface area contributed by atoms with Gasteiger partial charge in [-0.15, -0.1) is 11.3 Å². The lowest BCUT2D eigenvalue weighted by Crippen LogP contribution is -2.36. The van der Waals surface area contributed by atoms with Crippen LogP contribution >= 0.6 is 11.3 Å². The zero-order chi connectivity index (χ0) is 20.4. The molecule has 0 aliphatic heterocycles. The lowest BCUT2D eigenvalue weighted by atomic mass is 10.1. The van der Waals surface area contributed by atoms with E-state index in [1.807, 2.05) is 25.3 Å². The highest BCUT2D eigenvalue weighted by Gasteiger charge is 2.06. The summed E-state index contributed by atoms with van der Waals surface area (Å²) in [4.78, 5) is 32.8. The molecule has 1 heterocycles. The molecule has 2 amide bonds. The normalized spacial score (nSPS) is 11.1. The van der Waals surface area contributed by atoms with Crippen LogP contribution in [0, 0.1) is 0 Å². The number of thiazole rings is 1. The van der Waals surface area contributed by atoms with Crippen molar-refractivity contribution in [2.45, 2.75) is 33.4 Å². The van der Waals surface area contributed by atoms with E-state index in [2.05, 4.69) is 32.9 Å². The summed E-state index contributed by atoms with van der Waals surface area (Å²) in [7, 11) is 0. The van der Waals surface area contributed by atoms with Gasteiger partial charge in [-0.05, 0) is 31.0 Å². The number of benzene rings is 1. The van der Waals surface area contributed by atoms with Crippen LogP contribution in [0.1, 0.15) is 39.7 Å². The number of aliphatic imine (C=N–C) groups is 1. The SMILES string of the molecule is CCNC(=NCc1ccc(C(=O)NCC(N)=O)cc1)NCc1ncc(CC)s1. The Balaban J connectivity index is 1.92. The molecule has 0 aliphatic carbocycles. The first-order valence-corrected chi connectivity index (χ1v) is 9.94. The number of aromatic nitrogens is 1. The number of aryl methyl sites for hydroxylation is 1. The van der Waals surface area contributed by atoms with Crippen molar-refractivity contribution in [3.63, 3.8) is 0 Å². The van der Waals surface area contributed by atoms with E-state index in [9.17, 15) is 9.59 Å². The molecule has 2 rings (SSSR count). The number of carbonyl (C=O) groups is 2. The topological polar surface area (TPSA) is 122 Å². The van der Waals surface area contributed by atoms with Crippen LogP contribution in [0.25, 0.3) is 0 Å². The maximum absolute atomic E-state index is 11.9. The number of hydrogen-bond donors (Lipinski definition) is 4. The number of nitrogens with two attached hydrogens (primary N) is 1. The van der Waals surface area contributed by atoms with E-state index in [-0.39, 0.29) is 12.5 Å². The van der Waals surface area contributed by atoms with Crippen LogP contribution < -0.4 is 21.7 Å². The predicted molar refractivity (Wildman–Crippen MR) is 111 cm³/mol. The summed E-state index contributed by atoms with van der Waals surface area (Å²) in [6.07, 6.45) is 2.90. The molecule has 0 radical (unpaired) electrons. The molecule has 9 heteroatoms. The van der Waals surface area contributed by atoms with Crippen molar-refractivity contribution in [3.8, 4) is 0 Å². The minimum absolute atomic E-state index is 0.179. The summed E-state index contributed by atoms with van der Waals surface area (Å²) >= 11 is 1.69. The van der Waals surface area contributed by atoms with E-state index in [0.29, 0.717) is 24.6 Å². The first-order chi connectivity index (χ1) is 13.5. The van der Waals surface area contributed by atoms with Gasteiger partial charge < -0.3 is 21.7 Å². The number of amides is 2. The maximum atomic E-state index is 11.9. The standard InChI is InChI=1S/C19H26N6O2S/c1-3-15-10-22-17(28-15)12-25-19(21-4-2)24-9-13-5-7-14(8-6-13)18(27)23-11-16(20)26/h5-8,10H,3-4,9,11-12H2,1-2H3,(H2,20,26)(H,23,27)(H2,21,24,25). The monoisotopic (exact) mass is 402 g/mol. The third-order valence-electron chi connectivity index (χ3n) is 3.76. The zero-order valence-corrected chi connectivity index (χ0v) is 16.9. The van der Waals surface area contributed by atoms with Gasteiger partial charge in [0.05, 0.1) is 19.6 Å². The van der Waals surface area contributed by atoms with Crippen molar-refractivity contribution in [3.05, 3.63) is 51.5 Å². The Morgan fingerprint density at radius 3 is 2.50 bits per heavy atom. The van der Waals surface area contributed by atoms with Crippen molar-refractivity contribution in [1.82, 2.24) is 20.9 Å². The number of primary amides is 1. The Hall–Kier alpha value is -2.94. The van der Waals surface area contributed by atoms with Crippen molar-refractivity contribution in [2.75, 3.05) is 13.1 Å². The second-order valence-corrected chi connectivity index (χ2v) is 7.17. The van der Waals surface area contributed by atoms with Crippen molar-refractivity contribution < 1.29 is 9.59 Å². The Morgan fingerprint density at radius 1 is 1.14 bits per heavy atom. The van der Waals surface area contributed by atoms with E-state index < -0.39 is 5.91 Å². The first-order valence-electron chi connectivity index (χ1n) is 9.13. The fourth-order valence-corrected chi connectivity index (χ4v) is 3.10. The van der Waals surface area contributed by atoms with Gasteiger partial charge in [-0.2, -0.15) is 0 Å². The average Bonchev–Trinajstić information content (AvgIpc) is 3.16. The second kappa shape index (κ2) is 11.0. The van der Waals surface area contributed by atoms with Crippen LogP contribution in [0.4, 0.5) is 0 Å². The third kappa shape index (κ3) is 6.99. The summed E-state index contributed by atoms with van der Waals surface area (Å²) in [6.45, 7) is 5.79. The maximum Gasteiger partial charge on any atom is 0.251 e. The summed E-state index contributed by atoms with van der Waals surface area (Å²) in [5.74, 6) is -0.204. The number of rotatable bonds is 9. The average molecular weight is 403 g/mol. The van der Waals surface area contributed by atoms with Gasteiger partial charge in [-0.3, -0.25) is 9.59 Å². The molecule has 1 aromatic carbocycles. The Kier molecular flexibility index (Phi) is 8.41. The number of guanidine groups is 1. The van der Waals surface area contributed by atoms with Gasteiger partial charge in [0.15, 0.2) is 5.96 Å². The second-order valence-electron chi connectivity index (χ2n) is 5.97. The quantitative estimate of drug-likeness (QED) is 0.371. The van der Waals surface area contributed by atoms with Gasteiger partial charge in [0.1, 0.15) is 5.01 Å². The van der Waals surface area contributed by atoms with Crippen molar-refractivity contribution >= 4 is 29.1 Å². The molecule has 0 bridgehead atoms. The Morgan fingerprint density at radius 2 is 1.89 bits per heavy atom. The highest BCUT2D eigenvalue weighted by Crippen LogP contribution is 2.12. The van der Waals surface area contributed by atoms with Gasteiger partial charge >= 0.3 is 0 Å². The Labute approximate surface area is 168 Å². The Bertz CT molecular complexity index is 816. The minimum Gasteiger partial charge on any atom is -0.368 e. The molecule has 1 aromatic heterocycles. The highest BCUT2D eigenvalue weighted by atomic mass is 32.1. The molecule has 0 saturated carbocycles. The number of carbonyl (C=O) groups excluding carboxylic acids is 2. The third-order valence-corrected chi connectivity index (χ3v) is 4.90. The summed E-state index contributed by atoms with van der Waals surface area (Å²) in [6, 6.07) is 7.06. The summed E-state index contributed by atoms with van der Waals surface area (Å²) in [5, 5.41) is 9.97.